The molecular weight excluding hydrogens is 320 g/mol. The number of hydrogen-bond acceptors (Lipinski definition) is 3. The van der Waals surface area contributed by atoms with Crippen LogP contribution in [-0.2, 0) is 16.0 Å². The van der Waals surface area contributed by atoms with Crippen molar-refractivity contribution >= 4 is 29.3 Å². The van der Waals surface area contributed by atoms with Gasteiger partial charge in [-0.1, -0.05) is 36.4 Å². The molecule has 0 heterocycles. The van der Waals surface area contributed by atoms with E-state index in [1.807, 2.05) is 42.5 Å². The van der Waals surface area contributed by atoms with E-state index in [-0.39, 0.29) is 23.5 Å². The molecule has 0 radical (unpaired) electrons. The number of thioether (sulfide) groups is 1. The van der Waals surface area contributed by atoms with Crippen molar-refractivity contribution in [2.24, 2.45) is 5.73 Å². The summed E-state index contributed by atoms with van der Waals surface area (Å²) in [5.41, 5.74) is 8.34. The lowest BCUT2D eigenvalue weighted by Gasteiger charge is -2.25. The van der Waals surface area contributed by atoms with Crippen LogP contribution in [0.3, 0.4) is 0 Å². The molecule has 2 aromatic carbocycles. The van der Waals surface area contributed by atoms with E-state index in [0.29, 0.717) is 0 Å². The normalized spacial score (nSPS) is 16.2. The molecular formula is C19H20N2O2S. The average molecular weight is 340 g/mol. The Bertz CT molecular complexity index is 761. The van der Waals surface area contributed by atoms with Gasteiger partial charge in [-0.05, 0) is 42.5 Å². The molecule has 4 nitrogen and oxygen atoms in total. The Morgan fingerprint density at radius 1 is 1.12 bits per heavy atom. The number of carbonyl (C=O) groups is 2. The fourth-order valence-corrected chi connectivity index (χ4v) is 3.84. The molecule has 0 aromatic heterocycles. The van der Waals surface area contributed by atoms with Gasteiger partial charge in [-0.15, -0.1) is 11.8 Å². The van der Waals surface area contributed by atoms with Gasteiger partial charge in [0.1, 0.15) is 0 Å². The van der Waals surface area contributed by atoms with E-state index in [4.69, 9.17) is 5.73 Å². The number of carbonyl (C=O) groups excluding carboxylic acids is 2. The van der Waals surface area contributed by atoms with Crippen molar-refractivity contribution in [2.75, 3.05) is 11.1 Å². The first kappa shape index (κ1) is 16.6. The topological polar surface area (TPSA) is 72.2 Å². The number of hydrogen-bond donors (Lipinski definition) is 2. The zero-order valence-corrected chi connectivity index (χ0v) is 14.1. The second-order valence-corrected chi connectivity index (χ2v) is 6.90. The Hall–Kier alpha value is -2.27. The van der Waals surface area contributed by atoms with Crippen LogP contribution in [0.5, 0.6) is 0 Å². The van der Waals surface area contributed by atoms with Crippen molar-refractivity contribution in [1.29, 1.82) is 0 Å². The van der Waals surface area contributed by atoms with E-state index in [9.17, 15) is 9.59 Å². The second kappa shape index (κ2) is 7.53. The maximum absolute atomic E-state index is 12.8. The van der Waals surface area contributed by atoms with Gasteiger partial charge in [0.25, 0.3) is 0 Å². The summed E-state index contributed by atoms with van der Waals surface area (Å²) in [5, 5.41) is 3.03. The van der Waals surface area contributed by atoms with Gasteiger partial charge in [-0.3, -0.25) is 9.59 Å². The monoisotopic (exact) mass is 340 g/mol. The molecule has 24 heavy (non-hydrogen) atoms. The van der Waals surface area contributed by atoms with Crippen LogP contribution in [0.1, 0.15) is 29.9 Å². The highest BCUT2D eigenvalue weighted by Crippen LogP contribution is 2.34. The van der Waals surface area contributed by atoms with Crippen LogP contribution in [0.2, 0.25) is 0 Å². The van der Waals surface area contributed by atoms with E-state index >= 15 is 0 Å². The predicted molar refractivity (Wildman–Crippen MR) is 97.1 cm³/mol. The molecule has 3 rings (SSSR count). The third-order valence-corrected chi connectivity index (χ3v) is 5.30. The Morgan fingerprint density at radius 3 is 2.71 bits per heavy atom. The highest BCUT2D eigenvalue weighted by atomic mass is 32.2. The van der Waals surface area contributed by atoms with Crippen LogP contribution in [0.15, 0.2) is 53.4 Å². The summed E-state index contributed by atoms with van der Waals surface area (Å²) in [4.78, 5) is 24.7. The molecule has 1 aliphatic carbocycles. The molecule has 0 bridgehead atoms. The molecule has 0 spiro atoms. The standard InChI is InChI=1S/C19H20N2O2S/c20-18(22)12-24-17-11-4-3-10-16(17)21-19(23)15-9-5-7-13-6-1-2-8-14(13)15/h1-4,6,8,10-11,15H,5,7,9,12H2,(H2,20,22)(H,21,23). The number of fused-ring (bicyclic) bond motifs is 1. The minimum absolute atomic E-state index is 0.00859. The third-order valence-electron chi connectivity index (χ3n) is 4.20. The summed E-state index contributed by atoms with van der Waals surface area (Å²) >= 11 is 1.34. The molecule has 3 N–H and O–H groups in total. The Morgan fingerprint density at radius 2 is 1.88 bits per heavy atom. The molecule has 5 heteroatoms. The van der Waals surface area contributed by atoms with E-state index < -0.39 is 0 Å². The van der Waals surface area contributed by atoms with Crippen molar-refractivity contribution in [3.8, 4) is 0 Å². The van der Waals surface area contributed by atoms with Crippen molar-refractivity contribution in [3.63, 3.8) is 0 Å². The Labute approximate surface area is 145 Å². The van der Waals surface area contributed by atoms with E-state index in [0.717, 1.165) is 35.4 Å². The number of aryl methyl sites for hydroxylation is 1. The van der Waals surface area contributed by atoms with Crippen LogP contribution in [-0.4, -0.2) is 17.6 Å². The molecule has 2 aromatic rings. The van der Waals surface area contributed by atoms with Gasteiger partial charge in [-0.25, -0.2) is 0 Å². The number of amides is 2. The maximum Gasteiger partial charge on any atom is 0.231 e. The lowest BCUT2D eigenvalue weighted by molar-refractivity contribution is -0.118. The van der Waals surface area contributed by atoms with Crippen LogP contribution < -0.4 is 11.1 Å². The lowest BCUT2D eigenvalue weighted by Crippen LogP contribution is -2.25. The van der Waals surface area contributed by atoms with Gasteiger partial charge in [0.05, 0.1) is 17.4 Å². The van der Waals surface area contributed by atoms with Crippen molar-refractivity contribution in [2.45, 2.75) is 30.1 Å². The minimum atomic E-state index is -0.373. The minimum Gasteiger partial charge on any atom is -0.369 e. The summed E-state index contributed by atoms with van der Waals surface area (Å²) in [6.07, 6.45) is 2.91. The quantitative estimate of drug-likeness (QED) is 0.820. The molecule has 0 aliphatic heterocycles. The van der Waals surface area contributed by atoms with Crippen LogP contribution >= 0.6 is 11.8 Å². The second-order valence-electron chi connectivity index (χ2n) is 5.88. The van der Waals surface area contributed by atoms with Crippen LogP contribution in [0.4, 0.5) is 5.69 Å². The van der Waals surface area contributed by atoms with Crippen LogP contribution in [0.25, 0.3) is 0 Å². The highest BCUT2D eigenvalue weighted by Gasteiger charge is 2.26. The fourth-order valence-electron chi connectivity index (χ4n) is 3.09. The van der Waals surface area contributed by atoms with Crippen LogP contribution in [0, 0.1) is 0 Å². The van der Waals surface area contributed by atoms with Gasteiger partial charge in [-0.2, -0.15) is 0 Å². The summed E-state index contributed by atoms with van der Waals surface area (Å²) in [5.74, 6) is -0.292. The van der Waals surface area contributed by atoms with Gasteiger partial charge < -0.3 is 11.1 Å². The van der Waals surface area contributed by atoms with Gasteiger partial charge in [0.2, 0.25) is 11.8 Å². The number of anilines is 1. The maximum atomic E-state index is 12.8. The van der Waals surface area contributed by atoms with Gasteiger partial charge in [0.15, 0.2) is 0 Å². The number of primary amides is 1. The van der Waals surface area contributed by atoms with E-state index in [1.54, 1.807) is 0 Å². The van der Waals surface area contributed by atoms with Crippen molar-refractivity contribution < 1.29 is 9.59 Å². The number of nitrogens with two attached hydrogens (primary N) is 1. The van der Waals surface area contributed by atoms with E-state index in [1.165, 1.54) is 17.3 Å². The molecule has 0 fully saturated rings. The molecule has 2 amide bonds. The fraction of sp³-hybridized carbons (Fsp3) is 0.263. The first-order valence-corrected chi connectivity index (χ1v) is 9.02. The molecule has 0 saturated carbocycles. The Balaban J connectivity index is 1.78. The predicted octanol–water partition coefficient (Wildman–Crippen LogP) is 3.32. The smallest absolute Gasteiger partial charge is 0.231 e. The Kier molecular flexibility index (Phi) is 5.20. The lowest BCUT2D eigenvalue weighted by atomic mass is 9.82. The van der Waals surface area contributed by atoms with E-state index in [2.05, 4.69) is 11.4 Å². The average Bonchev–Trinajstić information content (AvgIpc) is 2.60. The third kappa shape index (κ3) is 3.79. The largest absolute Gasteiger partial charge is 0.369 e. The van der Waals surface area contributed by atoms with Crippen molar-refractivity contribution in [3.05, 3.63) is 59.7 Å². The zero-order valence-electron chi connectivity index (χ0n) is 13.3. The SMILES string of the molecule is NC(=O)CSc1ccccc1NC(=O)C1CCCc2ccccc21. The van der Waals surface area contributed by atoms with Gasteiger partial charge in [0, 0.05) is 4.90 Å². The molecule has 124 valence electrons. The number of para-hydroxylation sites is 1. The summed E-state index contributed by atoms with van der Waals surface area (Å²) in [6, 6.07) is 15.7. The first-order valence-electron chi connectivity index (χ1n) is 8.04. The molecule has 1 atom stereocenters. The zero-order chi connectivity index (χ0) is 16.9. The summed E-state index contributed by atoms with van der Waals surface area (Å²) in [7, 11) is 0. The number of nitrogens with one attached hydrogen (secondary N) is 1. The first-order chi connectivity index (χ1) is 11.6. The summed E-state index contributed by atoms with van der Waals surface area (Å²) < 4.78 is 0. The molecule has 0 saturated heterocycles. The molecule has 1 aliphatic rings. The molecule has 1 unspecified atom stereocenters. The van der Waals surface area contributed by atoms with Gasteiger partial charge >= 0.3 is 0 Å². The summed E-state index contributed by atoms with van der Waals surface area (Å²) in [6.45, 7) is 0. The number of rotatable bonds is 5. The van der Waals surface area contributed by atoms with Crippen molar-refractivity contribution in [1.82, 2.24) is 0 Å². The highest BCUT2D eigenvalue weighted by molar-refractivity contribution is 8.00. The number of benzene rings is 2.